The number of aromatic nitrogens is 2. The van der Waals surface area contributed by atoms with Crippen molar-refractivity contribution in [1.82, 2.24) is 9.78 Å². The van der Waals surface area contributed by atoms with E-state index in [9.17, 15) is 14.4 Å². The quantitative estimate of drug-likeness (QED) is 0.312. The molecule has 1 rings (SSSR count). The highest BCUT2D eigenvalue weighted by atomic mass is 16.5. The summed E-state index contributed by atoms with van der Waals surface area (Å²) in [5, 5.41) is 3.76. The second-order valence-electron chi connectivity index (χ2n) is 3.29. The number of esters is 2. The molecule has 7 heteroatoms. The SMILES string of the molecule is COC(=O)C(=Cc1cnn(C)c(=O)c1)C(=O)OC. The average Bonchev–Trinajstić information content (AvgIpc) is 2.38. The van der Waals surface area contributed by atoms with E-state index in [2.05, 4.69) is 14.6 Å². The number of rotatable bonds is 3. The Morgan fingerprint density at radius 2 is 1.83 bits per heavy atom. The maximum atomic E-state index is 11.4. The van der Waals surface area contributed by atoms with E-state index in [1.54, 1.807) is 0 Å². The maximum Gasteiger partial charge on any atom is 0.345 e. The highest BCUT2D eigenvalue weighted by molar-refractivity contribution is 6.17. The minimum Gasteiger partial charge on any atom is -0.465 e. The van der Waals surface area contributed by atoms with Crippen molar-refractivity contribution in [3.8, 4) is 0 Å². The molecule has 0 unspecified atom stereocenters. The molecule has 0 aliphatic heterocycles. The summed E-state index contributed by atoms with van der Waals surface area (Å²) in [6.45, 7) is 0. The molecular weight excluding hydrogens is 240 g/mol. The van der Waals surface area contributed by atoms with Gasteiger partial charge in [-0.1, -0.05) is 0 Å². The lowest BCUT2D eigenvalue weighted by atomic mass is 10.2. The molecule has 1 aromatic heterocycles. The molecule has 0 atom stereocenters. The van der Waals surface area contributed by atoms with Crippen molar-refractivity contribution in [2.75, 3.05) is 14.2 Å². The number of ether oxygens (including phenoxy) is 2. The minimum atomic E-state index is -0.845. The molecule has 0 amide bonds. The number of hydrogen-bond donors (Lipinski definition) is 0. The number of aryl methyl sites for hydroxylation is 1. The summed E-state index contributed by atoms with van der Waals surface area (Å²) in [5.41, 5.74) is -0.364. The number of nitrogens with zero attached hydrogens (tertiary/aromatic N) is 2. The lowest BCUT2D eigenvalue weighted by Crippen LogP contribution is -2.19. The average molecular weight is 252 g/mol. The second kappa shape index (κ2) is 5.76. The van der Waals surface area contributed by atoms with Gasteiger partial charge in [-0.2, -0.15) is 5.10 Å². The minimum absolute atomic E-state index is 0.309. The standard InChI is InChI=1S/C11H12N2O5/c1-13-9(14)5-7(6-12-13)4-8(10(15)17-2)11(16)18-3/h4-6H,1-3H3. The van der Waals surface area contributed by atoms with Crippen LogP contribution in [0.1, 0.15) is 5.56 Å². The van der Waals surface area contributed by atoms with E-state index in [0.29, 0.717) is 5.56 Å². The van der Waals surface area contributed by atoms with Gasteiger partial charge in [-0.3, -0.25) is 4.79 Å². The van der Waals surface area contributed by atoms with E-state index in [0.717, 1.165) is 18.9 Å². The molecule has 0 bridgehead atoms. The molecule has 0 aromatic carbocycles. The van der Waals surface area contributed by atoms with E-state index in [4.69, 9.17) is 0 Å². The molecule has 0 N–H and O–H groups in total. The number of hydrogen-bond acceptors (Lipinski definition) is 6. The Morgan fingerprint density at radius 1 is 1.28 bits per heavy atom. The zero-order valence-corrected chi connectivity index (χ0v) is 10.2. The van der Waals surface area contributed by atoms with E-state index >= 15 is 0 Å². The lowest BCUT2D eigenvalue weighted by Gasteiger charge is -2.03. The van der Waals surface area contributed by atoms with Crippen LogP contribution in [0.5, 0.6) is 0 Å². The Labute approximate surface area is 103 Å². The van der Waals surface area contributed by atoms with Crippen molar-refractivity contribution in [2.24, 2.45) is 7.05 Å². The van der Waals surface area contributed by atoms with Gasteiger partial charge >= 0.3 is 11.9 Å². The van der Waals surface area contributed by atoms with Crippen LogP contribution < -0.4 is 5.56 Å². The number of carbonyl (C=O) groups excluding carboxylic acids is 2. The van der Waals surface area contributed by atoms with Crippen molar-refractivity contribution < 1.29 is 19.1 Å². The zero-order chi connectivity index (χ0) is 13.7. The topological polar surface area (TPSA) is 87.5 Å². The van der Waals surface area contributed by atoms with Crippen LogP contribution in [0.15, 0.2) is 22.6 Å². The summed E-state index contributed by atoms with van der Waals surface area (Å²) < 4.78 is 10.0. The van der Waals surface area contributed by atoms with E-state index in [1.807, 2.05) is 0 Å². The van der Waals surface area contributed by atoms with Gasteiger partial charge in [0, 0.05) is 18.7 Å². The normalized spacial score (nSPS) is 9.50. The van der Waals surface area contributed by atoms with Crippen LogP contribution in [0.3, 0.4) is 0 Å². The molecule has 0 radical (unpaired) electrons. The molecule has 18 heavy (non-hydrogen) atoms. The Bertz CT molecular complexity index is 541. The molecule has 7 nitrogen and oxygen atoms in total. The lowest BCUT2D eigenvalue weighted by molar-refractivity contribution is -0.143. The number of carbonyl (C=O) groups is 2. The molecule has 0 saturated heterocycles. The first-order valence-electron chi connectivity index (χ1n) is 4.91. The van der Waals surface area contributed by atoms with Gasteiger partial charge in [0.15, 0.2) is 0 Å². The zero-order valence-electron chi connectivity index (χ0n) is 10.2. The van der Waals surface area contributed by atoms with Crippen LogP contribution in [0.25, 0.3) is 6.08 Å². The largest absolute Gasteiger partial charge is 0.465 e. The van der Waals surface area contributed by atoms with E-state index in [1.165, 1.54) is 25.4 Å². The fourth-order valence-electron chi connectivity index (χ4n) is 1.15. The monoisotopic (exact) mass is 252 g/mol. The third kappa shape index (κ3) is 3.03. The Kier molecular flexibility index (Phi) is 4.36. The first-order valence-corrected chi connectivity index (χ1v) is 4.91. The number of methoxy groups -OCH3 is 2. The predicted molar refractivity (Wildman–Crippen MR) is 61.5 cm³/mol. The molecule has 0 saturated carbocycles. The molecule has 0 aliphatic rings. The fraction of sp³-hybridized carbons (Fsp3) is 0.273. The smallest absolute Gasteiger partial charge is 0.345 e. The Hall–Kier alpha value is -2.44. The van der Waals surface area contributed by atoms with Gasteiger partial charge in [0.05, 0.1) is 20.4 Å². The van der Waals surface area contributed by atoms with Crippen LogP contribution >= 0.6 is 0 Å². The predicted octanol–water partition coefficient (Wildman–Crippen LogP) is -0.490. The van der Waals surface area contributed by atoms with Crippen molar-refractivity contribution in [3.63, 3.8) is 0 Å². The summed E-state index contributed by atoms with van der Waals surface area (Å²) in [6, 6.07) is 1.23. The van der Waals surface area contributed by atoms with Gasteiger partial charge in [-0.25, -0.2) is 14.3 Å². The van der Waals surface area contributed by atoms with Crippen LogP contribution in [0.4, 0.5) is 0 Å². The molecule has 0 fully saturated rings. The molecule has 1 aromatic rings. The van der Waals surface area contributed by atoms with Gasteiger partial charge in [0.2, 0.25) is 0 Å². The second-order valence-corrected chi connectivity index (χ2v) is 3.29. The molecule has 0 spiro atoms. The molecule has 1 heterocycles. The maximum absolute atomic E-state index is 11.4. The van der Waals surface area contributed by atoms with E-state index in [-0.39, 0.29) is 11.1 Å². The highest BCUT2D eigenvalue weighted by Crippen LogP contribution is 2.07. The van der Waals surface area contributed by atoms with Crippen LogP contribution in [0.2, 0.25) is 0 Å². The van der Waals surface area contributed by atoms with Crippen molar-refractivity contribution >= 4 is 18.0 Å². The first kappa shape index (κ1) is 13.6. The van der Waals surface area contributed by atoms with Gasteiger partial charge in [-0.15, -0.1) is 0 Å². The van der Waals surface area contributed by atoms with E-state index < -0.39 is 11.9 Å². The first-order chi connectivity index (χ1) is 8.49. The highest BCUT2D eigenvalue weighted by Gasteiger charge is 2.19. The van der Waals surface area contributed by atoms with Crippen molar-refractivity contribution in [1.29, 1.82) is 0 Å². The molecule has 96 valence electrons. The van der Waals surface area contributed by atoms with Gasteiger partial charge in [0.25, 0.3) is 5.56 Å². The van der Waals surface area contributed by atoms with Crippen LogP contribution in [0, 0.1) is 0 Å². The summed E-state index contributed by atoms with van der Waals surface area (Å²) in [4.78, 5) is 34.1. The third-order valence-electron chi connectivity index (χ3n) is 2.11. The fourth-order valence-corrected chi connectivity index (χ4v) is 1.15. The summed E-state index contributed by atoms with van der Waals surface area (Å²) >= 11 is 0. The van der Waals surface area contributed by atoms with Crippen LogP contribution in [-0.2, 0) is 26.1 Å². The third-order valence-corrected chi connectivity index (χ3v) is 2.11. The van der Waals surface area contributed by atoms with Gasteiger partial charge in [0.1, 0.15) is 5.57 Å². The van der Waals surface area contributed by atoms with Gasteiger partial charge < -0.3 is 9.47 Å². The summed E-state index contributed by atoms with van der Waals surface area (Å²) in [5.74, 6) is -1.69. The summed E-state index contributed by atoms with van der Waals surface area (Å²) in [7, 11) is 3.76. The summed E-state index contributed by atoms with van der Waals surface area (Å²) in [6.07, 6.45) is 2.53. The molecule has 0 aliphatic carbocycles. The molecular formula is C11H12N2O5. The van der Waals surface area contributed by atoms with Gasteiger partial charge in [-0.05, 0) is 6.08 Å². The van der Waals surface area contributed by atoms with Crippen molar-refractivity contribution in [2.45, 2.75) is 0 Å². The van der Waals surface area contributed by atoms with Crippen molar-refractivity contribution in [3.05, 3.63) is 33.8 Å². The Morgan fingerprint density at radius 3 is 2.28 bits per heavy atom. The Balaban J connectivity index is 3.23. The van der Waals surface area contributed by atoms with Crippen LogP contribution in [-0.4, -0.2) is 35.9 Å².